The molecule has 2 aromatic heterocycles. The summed E-state index contributed by atoms with van der Waals surface area (Å²) in [6.07, 6.45) is 1.75. The summed E-state index contributed by atoms with van der Waals surface area (Å²) in [5.74, 6) is -1.29. The smallest absolute Gasteiger partial charge is 0.335 e. The lowest BCUT2D eigenvalue weighted by molar-refractivity contribution is 0.0697. The topological polar surface area (TPSA) is 70.4 Å². The number of carbonyl (C=O) groups is 1. The van der Waals surface area contributed by atoms with Gasteiger partial charge in [-0.25, -0.2) is 9.18 Å². The molecule has 36 heavy (non-hydrogen) atoms. The van der Waals surface area contributed by atoms with Crippen molar-refractivity contribution >= 4 is 29.0 Å². The molecule has 2 N–H and O–H groups in total. The number of carboxylic acids is 1. The van der Waals surface area contributed by atoms with Gasteiger partial charge in [0, 0.05) is 29.0 Å². The van der Waals surface area contributed by atoms with Gasteiger partial charge in [0.15, 0.2) is 5.11 Å². The van der Waals surface area contributed by atoms with Gasteiger partial charge in [-0.05, 0) is 98.7 Å². The third-order valence-corrected chi connectivity index (χ3v) is 7.00. The molecule has 4 aromatic rings. The number of carboxylic acid groups (broad SMARTS) is 1. The zero-order valence-electron chi connectivity index (χ0n) is 20.1. The number of aromatic nitrogens is 2. The fourth-order valence-corrected chi connectivity index (χ4v) is 5.34. The molecular formula is C28H25FN4O2S. The Hall–Kier alpha value is -4.04. The molecule has 1 aliphatic heterocycles. The monoisotopic (exact) mass is 500 g/mol. The molecule has 3 heterocycles. The number of halogens is 1. The molecule has 0 radical (unpaired) electrons. The van der Waals surface area contributed by atoms with E-state index in [1.807, 2.05) is 49.9 Å². The fraction of sp³-hybridized carbons (Fsp3) is 0.179. The van der Waals surface area contributed by atoms with Crippen molar-refractivity contribution < 1.29 is 14.3 Å². The summed E-state index contributed by atoms with van der Waals surface area (Å²) in [4.78, 5) is 18.3. The average molecular weight is 501 g/mol. The van der Waals surface area contributed by atoms with Gasteiger partial charge in [-0.15, -0.1) is 0 Å². The predicted octanol–water partition coefficient (Wildman–Crippen LogP) is 5.81. The Labute approximate surface area is 214 Å². The van der Waals surface area contributed by atoms with Crippen molar-refractivity contribution in [3.63, 3.8) is 0 Å². The molecule has 0 amide bonds. The molecular weight excluding hydrogens is 475 g/mol. The van der Waals surface area contributed by atoms with Crippen LogP contribution in [0.3, 0.4) is 0 Å². The second kappa shape index (κ2) is 9.20. The number of hydrogen-bond acceptors (Lipinski definition) is 3. The molecule has 0 spiro atoms. The molecule has 1 aliphatic rings. The van der Waals surface area contributed by atoms with E-state index >= 15 is 0 Å². The number of aromatic carboxylic acids is 1. The van der Waals surface area contributed by atoms with E-state index in [-0.39, 0.29) is 23.5 Å². The summed E-state index contributed by atoms with van der Waals surface area (Å²) in [7, 11) is 0. The van der Waals surface area contributed by atoms with Gasteiger partial charge in [-0.1, -0.05) is 12.1 Å². The zero-order chi connectivity index (χ0) is 25.6. The summed E-state index contributed by atoms with van der Waals surface area (Å²) in [5, 5.41) is 13.5. The van der Waals surface area contributed by atoms with Crippen molar-refractivity contribution in [1.82, 2.24) is 14.9 Å². The maximum Gasteiger partial charge on any atom is 0.335 e. The van der Waals surface area contributed by atoms with E-state index in [2.05, 4.69) is 20.9 Å². The highest BCUT2D eigenvalue weighted by atomic mass is 32.1. The molecule has 0 bridgehead atoms. The Morgan fingerprint density at radius 1 is 1.06 bits per heavy atom. The minimum absolute atomic E-state index is 0.229. The minimum Gasteiger partial charge on any atom is -0.478 e. The minimum atomic E-state index is -0.970. The van der Waals surface area contributed by atoms with E-state index in [9.17, 15) is 14.3 Å². The SMILES string of the molecule is Cc1ccc(C(=O)O)cc1-n1c(C)cc(C2C(c3ccccn3)NC(=S)N2c2ccc(F)cc2)c1C. The van der Waals surface area contributed by atoms with E-state index in [0.29, 0.717) is 5.11 Å². The van der Waals surface area contributed by atoms with Crippen molar-refractivity contribution in [3.05, 3.63) is 113 Å². The highest BCUT2D eigenvalue weighted by Crippen LogP contribution is 2.43. The number of nitrogens with zero attached hydrogens (tertiary/aromatic N) is 3. The van der Waals surface area contributed by atoms with Crippen LogP contribution in [0.15, 0.2) is 72.9 Å². The zero-order valence-corrected chi connectivity index (χ0v) is 20.9. The Morgan fingerprint density at radius 3 is 2.47 bits per heavy atom. The van der Waals surface area contributed by atoms with E-state index in [1.165, 1.54) is 12.1 Å². The number of hydrogen-bond donors (Lipinski definition) is 2. The van der Waals surface area contributed by atoms with Crippen LogP contribution in [-0.4, -0.2) is 25.7 Å². The molecule has 2 aromatic carbocycles. The Bertz CT molecular complexity index is 1470. The van der Waals surface area contributed by atoms with E-state index in [4.69, 9.17) is 12.2 Å². The molecule has 2 unspecified atom stereocenters. The lowest BCUT2D eigenvalue weighted by atomic mass is 9.96. The van der Waals surface area contributed by atoms with Gasteiger partial charge in [-0.3, -0.25) is 4.98 Å². The van der Waals surface area contributed by atoms with E-state index in [0.717, 1.165) is 39.6 Å². The van der Waals surface area contributed by atoms with Crippen LogP contribution < -0.4 is 10.2 Å². The van der Waals surface area contributed by atoms with Crippen molar-refractivity contribution in [2.75, 3.05) is 4.90 Å². The molecule has 6 nitrogen and oxygen atoms in total. The molecule has 1 saturated heterocycles. The number of rotatable bonds is 5. The van der Waals surface area contributed by atoms with Gasteiger partial charge >= 0.3 is 5.97 Å². The molecule has 5 rings (SSSR count). The van der Waals surface area contributed by atoms with Crippen molar-refractivity contribution in [3.8, 4) is 5.69 Å². The Kier molecular flexibility index (Phi) is 6.05. The highest BCUT2D eigenvalue weighted by molar-refractivity contribution is 7.80. The van der Waals surface area contributed by atoms with Gasteiger partial charge in [-0.2, -0.15) is 0 Å². The summed E-state index contributed by atoms with van der Waals surface area (Å²) in [6.45, 7) is 5.99. The molecule has 1 fully saturated rings. The normalized spacial score (nSPS) is 17.3. The van der Waals surface area contributed by atoms with Crippen LogP contribution in [0.25, 0.3) is 5.69 Å². The summed E-state index contributed by atoms with van der Waals surface area (Å²) >= 11 is 5.77. The quantitative estimate of drug-likeness (QED) is 0.337. The van der Waals surface area contributed by atoms with Gasteiger partial charge in [0.25, 0.3) is 0 Å². The first kappa shape index (κ1) is 23.7. The van der Waals surface area contributed by atoms with Gasteiger partial charge in [0.2, 0.25) is 0 Å². The fourth-order valence-electron chi connectivity index (χ4n) is 4.99. The number of pyridine rings is 1. The number of aryl methyl sites for hydroxylation is 2. The molecule has 2 atom stereocenters. The summed E-state index contributed by atoms with van der Waals surface area (Å²) in [5.41, 5.74) is 6.55. The van der Waals surface area contributed by atoms with Crippen LogP contribution in [0.5, 0.6) is 0 Å². The lowest BCUT2D eigenvalue weighted by Gasteiger charge is -2.28. The molecule has 182 valence electrons. The van der Waals surface area contributed by atoms with Gasteiger partial charge in [0.05, 0.1) is 23.3 Å². The maximum atomic E-state index is 13.7. The number of anilines is 1. The number of benzene rings is 2. The maximum absolute atomic E-state index is 13.7. The first-order chi connectivity index (χ1) is 17.3. The van der Waals surface area contributed by atoms with Crippen LogP contribution in [0.1, 0.15) is 50.7 Å². The first-order valence-corrected chi connectivity index (χ1v) is 12.0. The Morgan fingerprint density at radius 2 is 1.81 bits per heavy atom. The predicted molar refractivity (Wildman–Crippen MR) is 141 cm³/mol. The van der Waals surface area contributed by atoms with Crippen molar-refractivity contribution in [2.45, 2.75) is 32.9 Å². The average Bonchev–Trinajstić information content (AvgIpc) is 3.35. The molecule has 0 aliphatic carbocycles. The standard InChI is InChI=1S/C28H25FN4O2S/c1-16-7-8-19(27(34)35)15-24(16)32-17(2)14-22(18(32)3)26-25(23-6-4-5-13-30-23)31-28(36)33(26)21-11-9-20(29)10-12-21/h4-15,25-26H,1-3H3,(H,31,36)(H,34,35). The van der Waals surface area contributed by atoms with Crippen LogP contribution in [0.2, 0.25) is 0 Å². The third-order valence-electron chi connectivity index (χ3n) is 6.69. The first-order valence-electron chi connectivity index (χ1n) is 11.6. The highest BCUT2D eigenvalue weighted by Gasteiger charge is 2.42. The van der Waals surface area contributed by atoms with Crippen LogP contribution >= 0.6 is 12.2 Å². The van der Waals surface area contributed by atoms with Crippen molar-refractivity contribution in [2.24, 2.45) is 0 Å². The van der Waals surface area contributed by atoms with Crippen LogP contribution in [0.4, 0.5) is 10.1 Å². The lowest BCUT2D eigenvalue weighted by Crippen LogP contribution is -2.29. The van der Waals surface area contributed by atoms with Crippen molar-refractivity contribution in [1.29, 1.82) is 0 Å². The number of thiocarbonyl (C=S) groups is 1. The van der Waals surface area contributed by atoms with Gasteiger partial charge in [0.1, 0.15) is 5.82 Å². The second-order valence-electron chi connectivity index (χ2n) is 8.94. The molecule has 0 saturated carbocycles. The van der Waals surface area contributed by atoms with E-state index < -0.39 is 5.97 Å². The van der Waals surface area contributed by atoms with Crippen LogP contribution in [-0.2, 0) is 0 Å². The molecule has 8 heteroatoms. The second-order valence-corrected chi connectivity index (χ2v) is 9.33. The van der Waals surface area contributed by atoms with Crippen LogP contribution in [0, 0.1) is 26.6 Å². The number of nitrogens with one attached hydrogen (secondary N) is 1. The summed E-state index contributed by atoms with van der Waals surface area (Å²) in [6, 6.07) is 18.8. The largest absolute Gasteiger partial charge is 0.478 e. The van der Waals surface area contributed by atoms with E-state index in [1.54, 1.807) is 30.5 Å². The van der Waals surface area contributed by atoms with Gasteiger partial charge < -0.3 is 19.9 Å². The Balaban J connectivity index is 1.69. The summed E-state index contributed by atoms with van der Waals surface area (Å²) < 4.78 is 15.8. The third kappa shape index (κ3) is 4.03.